The zero-order valence-corrected chi connectivity index (χ0v) is 22.5. The van der Waals surface area contributed by atoms with Crippen molar-refractivity contribution in [2.75, 3.05) is 5.32 Å². The van der Waals surface area contributed by atoms with Crippen LogP contribution in [0.2, 0.25) is 0 Å². The molecule has 0 bridgehead atoms. The molecule has 0 aliphatic carbocycles. The van der Waals surface area contributed by atoms with E-state index in [2.05, 4.69) is 127 Å². The normalized spacial score (nSPS) is 11.6. The monoisotopic (exact) mass is 534 g/mol. The van der Waals surface area contributed by atoms with E-state index in [0.717, 1.165) is 21.9 Å². The topological polar surface area (TPSA) is 24.9 Å². The van der Waals surface area contributed by atoms with Gasteiger partial charge in [0.15, 0.2) is 0 Å². The molecule has 0 amide bonds. The van der Waals surface area contributed by atoms with Crippen LogP contribution in [0, 0.1) is 0 Å². The molecule has 0 saturated heterocycles. The molecule has 0 spiro atoms. The number of para-hydroxylation sites is 1. The molecule has 6 aromatic carbocycles. The number of aromatic nitrogens is 1. The number of thiophene rings is 1. The molecule has 1 N–H and O–H groups in total. The molecule has 0 aliphatic heterocycles. The van der Waals surface area contributed by atoms with Crippen molar-refractivity contribution in [3.05, 3.63) is 127 Å². The SMILES string of the molecule is c1ccc2sc(-c3ccc(Nc4ccc(-c5ccc6sc7ccccc7c6c5)cc4)c4ccccc34)nc2c1. The Balaban J connectivity index is 1.13. The highest BCUT2D eigenvalue weighted by atomic mass is 32.1. The van der Waals surface area contributed by atoms with Gasteiger partial charge in [-0.3, -0.25) is 0 Å². The minimum atomic E-state index is 1.05. The first-order chi connectivity index (χ1) is 19.3. The summed E-state index contributed by atoms with van der Waals surface area (Å²) in [5.41, 5.74) is 6.84. The Morgan fingerprint density at radius 1 is 0.487 bits per heavy atom. The lowest BCUT2D eigenvalue weighted by Gasteiger charge is -2.13. The van der Waals surface area contributed by atoms with E-state index in [0.29, 0.717) is 0 Å². The third-order valence-corrected chi connectivity index (χ3v) is 9.54. The van der Waals surface area contributed by atoms with Crippen LogP contribution in [0.25, 0.3) is 62.9 Å². The molecular formula is C35H22N2S2. The minimum absolute atomic E-state index is 1.05. The van der Waals surface area contributed by atoms with Gasteiger partial charge in [-0.05, 0) is 71.1 Å². The van der Waals surface area contributed by atoms with Gasteiger partial charge in [-0.1, -0.05) is 72.8 Å². The number of thiazole rings is 1. The van der Waals surface area contributed by atoms with Crippen LogP contribution < -0.4 is 5.32 Å². The fourth-order valence-electron chi connectivity index (χ4n) is 5.39. The Hall–Kier alpha value is -4.51. The maximum absolute atomic E-state index is 4.92. The first-order valence-electron chi connectivity index (χ1n) is 13.0. The van der Waals surface area contributed by atoms with Crippen molar-refractivity contribution in [2.45, 2.75) is 0 Å². The summed E-state index contributed by atoms with van der Waals surface area (Å²) >= 11 is 3.60. The molecule has 0 atom stereocenters. The van der Waals surface area contributed by atoms with Crippen LogP contribution >= 0.6 is 22.7 Å². The lowest BCUT2D eigenvalue weighted by molar-refractivity contribution is 1.48. The fraction of sp³-hybridized carbons (Fsp3) is 0. The lowest BCUT2D eigenvalue weighted by atomic mass is 10.0. The van der Waals surface area contributed by atoms with Crippen molar-refractivity contribution in [3.63, 3.8) is 0 Å². The number of nitrogens with one attached hydrogen (secondary N) is 1. The summed E-state index contributed by atoms with van der Waals surface area (Å²) in [6, 6.07) is 45.5. The van der Waals surface area contributed by atoms with Crippen molar-refractivity contribution in [1.82, 2.24) is 4.98 Å². The highest BCUT2D eigenvalue weighted by Crippen LogP contribution is 2.39. The van der Waals surface area contributed by atoms with Crippen LogP contribution in [0.15, 0.2) is 127 Å². The van der Waals surface area contributed by atoms with Gasteiger partial charge in [0.2, 0.25) is 0 Å². The van der Waals surface area contributed by atoms with E-state index >= 15 is 0 Å². The number of benzene rings is 6. The van der Waals surface area contributed by atoms with Gasteiger partial charge in [-0.15, -0.1) is 22.7 Å². The largest absolute Gasteiger partial charge is 0.355 e. The number of hydrogen-bond acceptors (Lipinski definition) is 4. The van der Waals surface area contributed by atoms with Gasteiger partial charge in [-0.25, -0.2) is 4.98 Å². The van der Waals surface area contributed by atoms with E-state index in [1.165, 1.54) is 52.3 Å². The molecule has 0 radical (unpaired) electrons. The summed E-state index contributed by atoms with van der Waals surface area (Å²) in [5, 5.41) is 9.77. The molecule has 2 nitrogen and oxygen atoms in total. The lowest BCUT2D eigenvalue weighted by Crippen LogP contribution is -1.93. The maximum atomic E-state index is 4.92. The summed E-state index contributed by atoms with van der Waals surface area (Å²) < 4.78 is 3.88. The number of hydrogen-bond donors (Lipinski definition) is 1. The molecule has 184 valence electrons. The molecule has 8 aromatic rings. The minimum Gasteiger partial charge on any atom is -0.355 e. The second-order valence-electron chi connectivity index (χ2n) is 9.70. The molecule has 2 aromatic heterocycles. The number of fused-ring (bicyclic) bond motifs is 5. The van der Waals surface area contributed by atoms with Crippen LogP contribution in [0.4, 0.5) is 11.4 Å². The molecular weight excluding hydrogens is 513 g/mol. The van der Waals surface area contributed by atoms with Crippen molar-refractivity contribution in [1.29, 1.82) is 0 Å². The Labute approximate surface area is 233 Å². The Kier molecular flexibility index (Phi) is 5.22. The summed E-state index contributed by atoms with van der Waals surface area (Å²) in [4.78, 5) is 4.92. The van der Waals surface area contributed by atoms with Gasteiger partial charge >= 0.3 is 0 Å². The van der Waals surface area contributed by atoms with Crippen molar-refractivity contribution < 1.29 is 0 Å². The van der Waals surface area contributed by atoms with E-state index in [4.69, 9.17) is 4.98 Å². The Morgan fingerprint density at radius 3 is 2.03 bits per heavy atom. The fourth-order valence-corrected chi connectivity index (χ4v) is 7.48. The molecule has 0 fully saturated rings. The van der Waals surface area contributed by atoms with E-state index in [-0.39, 0.29) is 0 Å². The average molecular weight is 535 g/mol. The van der Waals surface area contributed by atoms with E-state index in [9.17, 15) is 0 Å². The van der Waals surface area contributed by atoms with Crippen molar-refractivity contribution >= 4 is 75.2 Å². The van der Waals surface area contributed by atoms with Crippen LogP contribution in [0.3, 0.4) is 0 Å². The van der Waals surface area contributed by atoms with Gasteiger partial charge in [-0.2, -0.15) is 0 Å². The zero-order valence-electron chi connectivity index (χ0n) is 20.9. The standard InChI is InChI=1S/C35H22N2S2/c1-2-8-26-25(7-1)28(35-37-31-10-4-6-12-34(31)39-35)18-19-30(26)36-24-16-13-22(14-17-24)23-15-20-33-29(21-23)27-9-3-5-11-32(27)38-33/h1-21,36H. The van der Waals surface area contributed by atoms with Crippen LogP contribution in [-0.4, -0.2) is 4.98 Å². The highest BCUT2D eigenvalue weighted by molar-refractivity contribution is 7.25. The van der Waals surface area contributed by atoms with Gasteiger partial charge in [0.25, 0.3) is 0 Å². The zero-order chi connectivity index (χ0) is 25.8. The van der Waals surface area contributed by atoms with Crippen molar-refractivity contribution in [3.8, 4) is 21.7 Å². The average Bonchev–Trinajstić information content (AvgIpc) is 3.59. The van der Waals surface area contributed by atoms with Gasteiger partial charge in [0.1, 0.15) is 5.01 Å². The Morgan fingerprint density at radius 2 is 1.18 bits per heavy atom. The van der Waals surface area contributed by atoms with Crippen LogP contribution in [0.1, 0.15) is 0 Å². The maximum Gasteiger partial charge on any atom is 0.125 e. The second kappa shape index (κ2) is 9.05. The van der Waals surface area contributed by atoms with E-state index < -0.39 is 0 Å². The summed E-state index contributed by atoms with van der Waals surface area (Å²) in [6.07, 6.45) is 0. The smallest absolute Gasteiger partial charge is 0.125 e. The quantitative estimate of drug-likeness (QED) is 0.243. The van der Waals surface area contributed by atoms with Gasteiger partial charge in [0.05, 0.1) is 10.2 Å². The second-order valence-corrected chi connectivity index (χ2v) is 11.8. The number of rotatable bonds is 4. The molecule has 4 heteroatoms. The third-order valence-electron chi connectivity index (χ3n) is 7.32. The molecule has 2 heterocycles. The van der Waals surface area contributed by atoms with E-state index in [1.807, 2.05) is 17.4 Å². The summed E-state index contributed by atoms with van der Waals surface area (Å²) in [5.74, 6) is 0. The van der Waals surface area contributed by atoms with E-state index in [1.54, 1.807) is 11.3 Å². The molecule has 0 aliphatic rings. The van der Waals surface area contributed by atoms with Crippen molar-refractivity contribution in [2.24, 2.45) is 0 Å². The number of anilines is 2. The summed E-state index contributed by atoms with van der Waals surface area (Å²) in [7, 11) is 0. The third kappa shape index (κ3) is 3.88. The number of nitrogens with zero attached hydrogens (tertiary/aromatic N) is 1. The first kappa shape index (κ1) is 22.5. The van der Waals surface area contributed by atoms with Crippen LogP contribution in [-0.2, 0) is 0 Å². The molecule has 39 heavy (non-hydrogen) atoms. The van der Waals surface area contributed by atoms with Gasteiger partial charge < -0.3 is 5.32 Å². The van der Waals surface area contributed by atoms with Crippen LogP contribution in [0.5, 0.6) is 0 Å². The summed E-state index contributed by atoms with van der Waals surface area (Å²) in [6.45, 7) is 0. The Bertz CT molecular complexity index is 2120. The molecule has 8 rings (SSSR count). The predicted molar refractivity (Wildman–Crippen MR) is 171 cm³/mol. The highest BCUT2D eigenvalue weighted by Gasteiger charge is 2.12. The first-order valence-corrected chi connectivity index (χ1v) is 14.6. The molecule has 0 saturated carbocycles. The van der Waals surface area contributed by atoms with Gasteiger partial charge in [0, 0.05) is 42.5 Å². The molecule has 0 unspecified atom stereocenters. The predicted octanol–water partition coefficient (Wildman–Crippen LogP) is 10.9.